The van der Waals surface area contributed by atoms with Gasteiger partial charge in [0.25, 0.3) is 0 Å². The van der Waals surface area contributed by atoms with Crippen molar-refractivity contribution >= 4 is 0 Å². The number of hydrogen-bond acceptors (Lipinski definition) is 1. The van der Waals surface area contributed by atoms with E-state index in [-0.39, 0.29) is 0 Å². The van der Waals surface area contributed by atoms with Crippen LogP contribution in [0.1, 0.15) is 46.5 Å². The Morgan fingerprint density at radius 1 is 1.25 bits per heavy atom. The highest BCUT2D eigenvalue weighted by Crippen LogP contribution is 2.23. The molecule has 1 heteroatoms. The average Bonchev–Trinajstić information content (AvgIpc) is 2.05. The summed E-state index contributed by atoms with van der Waals surface area (Å²) in [6.45, 7) is 9.64. The van der Waals surface area contributed by atoms with Crippen molar-refractivity contribution < 1.29 is 0 Å². The SMILES string of the molecule is CCCN1CC(C)CCC1CC. The van der Waals surface area contributed by atoms with Crippen LogP contribution in [0, 0.1) is 5.92 Å². The highest BCUT2D eigenvalue weighted by molar-refractivity contribution is 4.78. The topological polar surface area (TPSA) is 3.24 Å². The van der Waals surface area contributed by atoms with E-state index in [0.29, 0.717) is 0 Å². The van der Waals surface area contributed by atoms with Crippen LogP contribution in [-0.2, 0) is 0 Å². The van der Waals surface area contributed by atoms with Crippen molar-refractivity contribution in [3.05, 3.63) is 0 Å². The van der Waals surface area contributed by atoms with Gasteiger partial charge in [-0.15, -0.1) is 0 Å². The summed E-state index contributed by atoms with van der Waals surface area (Å²) in [5.74, 6) is 0.930. The van der Waals surface area contributed by atoms with Crippen molar-refractivity contribution in [1.29, 1.82) is 0 Å². The predicted molar refractivity (Wildman–Crippen MR) is 54.3 cm³/mol. The second-order valence-electron chi connectivity index (χ2n) is 4.24. The Balaban J connectivity index is 2.40. The van der Waals surface area contributed by atoms with Crippen LogP contribution >= 0.6 is 0 Å². The lowest BCUT2D eigenvalue weighted by Gasteiger charge is -2.38. The van der Waals surface area contributed by atoms with Crippen LogP contribution in [0.15, 0.2) is 0 Å². The summed E-state index contributed by atoms with van der Waals surface area (Å²) in [5.41, 5.74) is 0. The van der Waals surface area contributed by atoms with E-state index in [1.165, 1.54) is 38.8 Å². The van der Waals surface area contributed by atoms with E-state index < -0.39 is 0 Å². The minimum Gasteiger partial charge on any atom is -0.300 e. The number of nitrogens with zero attached hydrogens (tertiary/aromatic N) is 1. The van der Waals surface area contributed by atoms with Crippen molar-refractivity contribution in [3.8, 4) is 0 Å². The van der Waals surface area contributed by atoms with Crippen LogP contribution in [0.5, 0.6) is 0 Å². The molecular weight excluding hydrogens is 146 g/mol. The molecule has 2 unspecified atom stereocenters. The van der Waals surface area contributed by atoms with Crippen LogP contribution in [0.4, 0.5) is 0 Å². The maximum absolute atomic E-state index is 2.69. The van der Waals surface area contributed by atoms with Gasteiger partial charge in [-0.2, -0.15) is 0 Å². The molecular formula is C11H23N. The average molecular weight is 169 g/mol. The molecule has 0 spiro atoms. The summed E-state index contributed by atoms with van der Waals surface area (Å²) >= 11 is 0. The van der Waals surface area contributed by atoms with Crippen LogP contribution in [0.25, 0.3) is 0 Å². The van der Waals surface area contributed by atoms with Crippen molar-refractivity contribution in [3.63, 3.8) is 0 Å². The Kier molecular flexibility index (Phi) is 4.07. The van der Waals surface area contributed by atoms with Crippen molar-refractivity contribution in [2.24, 2.45) is 5.92 Å². The van der Waals surface area contributed by atoms with E-state index in [1.807, 2.05) is 0 Å². The molecule has 2 atom stereocenters. The van der Waals surface area contributed by atoms with Gasteiger partial charge in [-0.1, -0.05) is 20.8 Å². The summed E-state index contributed by atoms with van der Waals surface area (Å²) in [4.78, 5) is 2.69. The van der Waals surface area contributed by atoms with Gasteiger partial charge in [0.15, 0.2) is 0 Å². The number of rotatable bonds is 3. The third kappa shape index (κ3) is 2.48. The molecule has 0 aromatic rings. The number of likely N-dealkylation sites (tertiary alicyclic amines) is 1. The second-order valence-corrected chi connectivity index (χ2v) is 4.24. The van der Waals surface area contributed by atoms with Gasteiger partial charge < -0.3 is 4.90 Å². The fourth-order valence-electron chi connectivity index (χ4n) is 2.32. The first kappa shape index (κ1) is 10.0. The number of piperidine rings is 1. The van der Waals surface area contributed by atoms with E-state index >= 15 is 0 Å². The quantitative estimate of drug-likeness (QED) is 0.628. The summed E-state index contributed by atoms with van der Waals surface area (Å²) < 4.78 is 0. The molecule has 1 aliphatic rings. The molecule has 1 nitrogen and oxygen atoms in total. The van der Waals surface area contributed by atoms with Gasteiger partial charge in [0.05, 0.1) is 0 Å². The van der Waals surface area contributed by atoms with Crippen LogP contribution < -0.4 is 0 Å². The molecule has 0 aromatic heterocycles. The molecule has 1 aliphatic heterocycles. The Bertz CT molecular complexity index is 122. The fourth-order valence-corrected chi connectivity index (χ4v) is 2.32. The highest BCUT2D eigenvalue weighted by atomic mass is 15.2. The van der Waals surface area contributed by atoms with Crippen molar-refractivity contribution in [1.82, 2.24) is 4.90 Å². The fraction of sp³-hybridized carbons (Fsp3) is 1.00. The van der Waals surface area contributed by atoms with Gasteiger partial charge in [-0.05, 0) is 38.1 Å². The first-order valence-electron chi connectivity index (χ1n) is 5.52. The zero-order valence-electron chi connectivity index (χ0n) is 8.84. The Hall–Kier alpha value is -0.0400. The molecule has 72 valence electrons. The standard InChI is InChI=1S/C11H23N/c1-4-8-12-9-10(3)6-7-11(12)5-2/h10-11H,4-9H2,1-3H3. The normalized spacial score (nSPS) is 32.2. The lowest BCUT2D eigenvalue weighted by atomic mass is 9.93. The smallest absolute Gasteiger partial charge is 0.00928 e. The molecule has 1 saturated heterocycles. The molecule has 0 aromatic carbocycles. The molecule has 0 N–H and O–H groups in total. The molecule has 1 rings (SSSR count). The third-order valence-electron chi connectivity index (χ3n) is 3.04. The van der Waals surface area contributed by atoms with Crippen LogP contribution in [0.3, 0.4) is 0 Å². The van der Waals surface area contributed by atoms with E-state index in [9.17, 15) is 0 Å². The van der Waals surface area contributed by atoms with E-state index in [0.717, 1.165) is 12.0 Å². The molecule has 0 radical (unpaired) electrons. The molecule has 0 saturated carbocycles. The van der Waals surface area contributed by atoms with Crippen molar-refractivity contribution in [2.75, 3.05) is 13.1 Å². The minimum absolute atomic E-state index is 0.890. The zero-order chi connectivity index (χ0) is 8.97. The molecule has 1 heterocycles. The van der Waals surface area contributed by atoms with E-state index in [2.05, 4.69) is 25.7 Å². The monoisotopic (exact) mass is 169 g/mol. The van der Waals surface area contributed by atoms with Gasteiger partial charge in [-0.25, -0.2) is 0 Å². The molecule has 12 heavy (non-hydrogen) atoms. The summed E-state index contributed by atoms with van der Waals surface area (Å²) in [6.07, 6.45) is 5.52. The predicted octanol–water partition coefficient (Wildman–Crippen LogP) is 2.91. The lowest BCUT2D eigenvalue weighted by Crippen LogP contribution is -2.42. The van der Waals surface area contributed by atoms with Gasteiger partial charge >= 0.3 is 0 Å². The number of hydrogen-bond donors (Lipinski definition) is 0. The first-order chi connectivity index (χ1) is 5.77. The molecule has 0 aliphatic carbocycles. The minimum atomic E-state index is 0.890. The molecule has 0 amide bonds. The zero-order valence-corrected chi connectivity index (χ0v) is 8.84. The molecule has 0 bridgehead atoms. The van der Waals surface area contributed by atoms with E-state index in [1.54, 1.807) is 0 Å². The first-order valence-corrected chi connectivity index (χ1v) is 5.52. The van der Waals surface area contributed by atoms with Crippen LogP contribution in [-0.4, -0.2) is 24.0 Å². The van der Waals surface area contributed by atoms with Gasteiger partial charge in [0.2, 0.25) is 0 Å². The summed E-state index contributed by atoms with van der Waals surface area (Å²) in [7, 11) is 0. The summed E-state index contributed by atoms with van der Waals surface area (Å²) in [5, 5.41) is 0. The second kappa shape index (κ2) is 4.86. The molecule has 1 fully saturated rings. The highest BCUT2D eigenvalue weighted by Gasteiger charge is 2.23. The van der Waals surface area contributed by atoms with Crippen molar-refractivity contribution in [2.45, 2.75) is 52.5 Å². The van der Waals surface area contributed by atoms with Gasteiger partial charge in [-0.3, -0.25) is 0 Å². The van der Waals surface area contributed by atoms with E-state index in [4.69, 9.17) is 0 Å². The Morgan fingerprint density at radius 2 is 2.00 bits per heavy atom. The van der Waals surface area contributed by atoms with Crippen LogP contribution in [0.2, 0.25) is 0 Å². The van der Waals surface area contributed by atoms with Gasteiger partial charge in [0.1, 0.15) is 0 Å². The maximum atomic E-state index is 2.69. The summed E-state index contributed by atoms with van der Waals surface area (Å²) in [6, 6.07) is 0.890. The Labute approximate surface area is 77.1 Å². The Morgan fingerprint density at radius 3 is 2.58 bits per heavy atom. The maximum Gasteiger partial charge on any atom is 0.00928 e. The largest absolute Gasteiger partial charge is 0.300 e. The third-order valence-corrected chi connectivity index (χ3v) is 3.04. The van der Waals surface area contributed by atoms with Gasteiger partial charge in [0, 0.05) is 12.6 Å². The lowest BCUT2D eigenvalue weighted by molar-refractivity contribution is 0.111.